The Morgan fingerprint density at radius 1 is 1.42 bits per heavy atom. The number of ether oxygens (including phenoxy) is 1. The van der Waals surface area contributed by atoms with Gasteiger partial charge in [-0.1, -0.05) is 12.1 Å². The maximum Gasteiger partial charge on any atom is 0.240 e. The van der Waals surface area contributed by atoms with Crippen LogP contribution in [-0.2, 0) is 0 Å². The van der Waals surface area contributed by atoms with Crippen LogP contribution in [0.15, 0.2) is 24.3 Å². The van der Waals surface area contributed by atoms with Crippen LogP contribution in [0.1, 0.15) is 0 Å². The minimum Gasteiger partial charge on any atom is -0.476 e. The highest BCUT2D eigenvalue weighted by molar-refractivity contribution is 5.83. The second-order valence-electron chi connectivity index (χ2n) is 2.42. The number of nitrogens with zero attached hydrogens (tertiary/aromatic N) is 1. The van der Waals surface area contributed by atoms with Gasteiger partial charge < -0.3 is 4.74 Å². The molecular formula is C9H9N2O. The fraction of sp³-hybridized carbons (Fsp3) is 0.111. The molecule has 0 aliphatic heterocycles. The minimum atomic E-state index is 0.398. The topological polar surface area (TPSA) is 37.9 Å². The normalized spacial score (nSPS) is 10.4. The molecule has 3 heteroatoms. The zero-order valence-electron chi connectivity index (χ0n) is 6.58. The number of aromatic nitrogens is 2. The van der Waals surface area contributed by atoms with E-state index in [1.165, 1.54) is 0 Å². The molecule has 0 saturated heterocycles. The molecule has 3 nitrogen and oxygen atoms in total. The van der Waals surface area contributed by atoms with Gasteiger partial charge in [0.25, 0.3) is 0 Å². The Kier molecular flexibility index (Phi) is 1.70. The Balaban J connectivity index is 2.55. The molecule has 0 aliphatic rings. The average Bonchev–Trinajstić information content (AvgIpc) is 2.50. The molecular weight excluding hydrogens is 152 g/mol. The van der Waals surface area contributed by atoms with Crippen molar-refractivity contribution < 1.29 is 4.74 Å². The SMILES string of the molecule is [CH2]COc1n[nH]c2ccccc12. The fourth-order valence-corrected chi connectivity index (χ4v) is 1.15. The quantitative estimate of drug-likeness (QED) is 0.729. The summed E-state index contributed by atoms with van der Waals surface area (Å²) in [4.78, 5) is 0. The summed E-state index contributed by atoms with van der Waals surface area (Å²) in [6.45, 7) is 3.99. The number of fused-ring (bicyclic) bond motifs is 1. The van der Waals surface area contributed by atoms with E-state index in [0.717, 1.165) is 10.9 Å². The van der Waals surface area contributed by atoms with Gasteiger partial charge in [-0.2, -0.15) is 0 Å². The van der Waals surface area contributed by atoms with Crippen LogP contribution in [0.3, 0.4) is 0 Å². The van der Waals surface area contributed by atoms with Gasteiger partial charge in [0.15, 0.2) is 0 Å². The van der Waals surface area contributed by atoms with Gasteiger partial charge in [-0.3, -0.25) is 5.10 Å². The number of rotatable bonds is 2. The lowest BCUT2D eigenvalue weighted by Gasteiger charge is -1.96. The molecule has 0 bridgehead atoms. The molecule has 1 aromatic carbocycles. The number of benzene rings is 1. The van der Waals surface area contributed by atoms with Gasteiger partial charge in [-0.25, -0.2) is 0 Å². The summed E-state index contributed by atoms with van der Waals surface area (Å²) in [6.07, 6.45) is 0. The molecule has 0 spiro atoms. The molecule has 12 heavy (non-hydrogen) atoms. The molecule has 0 atom stereocenters. The maximum atomic E-state index is 5.21. The number of para-hydroxylation sites is 1. The summed E-state index contributed by atoms with van der Waals surface area (Å²) in [5, 5.41) is 7.87. The Bertz CT molecular complexity index is 381. The lowest BCUT2D eigenvalue weighted by molar-refractivity contribution is 0.350. The molecule has 61 valence electrons. The van der Waals surface area contributed by atoms with Crippen LogP contribution >= 0.6 is 0 Å². The first-order valence-corrected chi connectivity index (χ1v) is 3.77. The third-order valence-corrected chi connectivity index (χ3v) is 1.67. The second-order valence-corrected chi connectivity index (χ2v) is 2.42. The summed E-state index contributed by atoms with van der Waals surface area (Å²) < 4.78 is 5.21. The molecule has 1 aromatic heterocycles. The van der Waals surface area contributed by atoms with Crippen LogP contribution in [0.4, 0.5) is 0 Å². The number of aromatic amines is 1. The molecule has 1 heterocycles. The van der Waals surface area contributed by atoms with Gasteiger partial charge in [0.1, 0.15) is 0 Å². The Morgan fingerprint density at radius 3 is 3.08 bits per heavy atom. The van der Waals surface area contributed by atoms with Gasteiger partial charge in [-0.15, -0.1) is 5.10 Å². The zero-order chi connectivity index (χ0) is 8.39. The van der Waals surface area contributed by atoms with Crippen LogP contribution < -0.4 is 4.74 Å². The molecule has 0 fully saturated rings. The van der Waals surface area contributed by atoms with Crippen molar-refractivity contribution >= 4 is 10.9 Å². The Hall–Kier alpha value is -1.51. The third kappa shape index (κ3) is 1.03. The first kappa shape index (κ1) is 7.16. The third-order valence-electron chi connectivity index (χ3n) is 1.67. The molecule has 0 saturated carbocycles. The Morgan fingerprint density at radius 2 is 2.25 bits per heavy atom. The van der Waals surface area contributed by atoms with E-state index in [1.807, 2.05) is 24.3 Å². The van der Waals surface area contributed by atoms with Gasteiger partial charge >= 0.3 is 0 Å². The number of hydrogen-bond donors (Lipinski definition) is 1. The van der Waals surface area contributed by atoms with Crippen molar-refractivity contribution in [3.63, 3.8) is 0 Å². The zero-order valence-corrected chi connectivity index (χ0v) is 6.58. The molecule has 1 radical (unpaired) electrons. The summed E-state index contributed by atoms with van der Waals surface area (Å²) in [5.41, 5.74) is 0.987. The lowest BCUT2D eigenvalue weighted by atomic mass is 10.2. The van der Waals surface area contributed by atoms with E-state index in [4.69, 9.17) is 4.74 Å². The van der Waals surface area contributed by atoms with E-state index in [-0.39, 0.29) is 0 Å². The number of H-pyrrole nitrogens is 1. The predicted molar refractivity (Wildman–Crippen MR) is 46.9 cm³/mol. The summed E-state index contributed by atoms with van der Waals surface area (Å²) >= 11 is 0. The molecule has 2 rings (SSSR count). The first-order valence-electron chi connectivity index (χ1n) is 3.77. The van der Waals surface area contributed by atoms with Crippen molar-refractivity contribution in [1.82, 2.24) is 10.2 Å². The van der Waals surface area contributed by atoms with Crippen molar-refractivity contribution in [2.45, 2.75) is 0 Å². The van der Waals surface area contributed by atoms with E-state index >= 15 is 0 Å². The van der Waals surface area contributed by atoms with E-state index in [0.29, 0.717) is 12.5 Å². The van der Waals surface area contributed by atoms with E-state index in [9.17, 15) is 0 Å². The average molecular weight is 161 g/mol. The van der Waals surface area contributed by atoms with Crippen LogP contribution in [-0.4, -0.2) is 16.8 Å². The van der Waals surface area contributed by atoms with Crippen molar-refractivity contribution in [3.05, 3.63) is 31.2 Å². The highest BCUT2D eigenvalue weighted by Crippen LogP contribution is 2.21. The molecule has 2 aromatic rings. The molecule has 0 aliphatic carbocycles. The van der Waals surface area contributed by atoms with Crippen molar-refractivity contribution in [2.24, 2.45) is 0 Å². The van der Waals surface area contributed by atoms with Crippen LogP contribution in [0.2, 0.25) is 0 Å². The highest BCUT2D eigenvalue weighted by atomic mass is 16.5. The fourth-order valence-electron chi connectivity index (χ4n) is 1.15. The predicted octanol–water partition coefficient (Wildman–Crippen LogP) is 1.78. The van der Waals surface area contributed by atoms with Crippen LogP contribution in [0.25, 0.3) is 10.9 Å². The van der Waals surface area contributed by atoms with Gasteiger partial charge in [-0.05, 0) is 19.1 Å². The summed E-state index contributed by atoms with van der Waals surface area (Å²) in [5.74, 6) is 0.626. The molecule has 0 amide bonds. The van der Waals surface area contributed by atoms with Gasteiger partial charge in [0, 0.05) is 0 Å². The van der Waals surface area contributed by atoms with E-state index in [2.05, 4.69) is 17.1 Å². The lowest BCUT2D eigenvalue weighted by Crippen LogP contribution is -1.91. The monoisotopic (exact) mass is 161 g/mol. The Labute approximate surface area is 70.4 Å². The second kappa shape index (κ2) is 2.85. The van der Waals surface area contributed by atoms with E-state index < -0.39 is 0 Å². The first-order chi connectivity index (χ1) is 5.92. The van der Waals surface area contributed by atoms with Crippen LogP contribution in [0, 0.1) is 6.92 Å². The van der Waals surface area contributed by atoms with Crippen molar-refractivity contribution in [1.29, 1.82) is 0 Å². The summed E-state index contributed by atoms with van der Waals surface area (Å²) in [6, 6.07) is 7.82. The maximum absolute atomic E-state index is 5.21. The van der Waals surface area contributed by atoms with E-state index in [1.54, 1.807) is 0 Å². The van der Waals surface area contributed by atoms with Gasteiger partial charge in [0.2, 0.25) is 5.88 Å². The van der Waals surface area contributed by atoms with Crippen LogP contribution in [0.5, 0.6) is 5.88 Å². The van der Waals surface area contributed by atoms with Gasteiger partial charge in [0.05, 0.1) is 17.5 Å². The van der Waals surface area contributed by atoms with Crippen molar-refractivity contribution in [2.75, 3.05) is 6.61 Å². The molecule has 0 unspecified atom stereocenters. The minimum absolute atomic E-state index is 0.398. The molecule has 1 N–H and O–H groups in total. The smallest absolute Gasteiger partial charge is 0.240 e. The largest absolute Gasteiger partial charge is 0.476 e. The summed E-state index contributed by atoms with van der Waals surface area (Å²) in [7, 11) is 0. The number of nitrogens with one attached hydrogen (secondary N) is 1. The standard InChI is InChI=1S/C9H9N2O/c1-2-12-9-7-5-3-4-6-8(7)10-11-9/h3-6H,1-2H2,(H,10,11). The van der Waals surface area contributed by atoms with Crippen molar-refractivity contribution in [3.8, 4) is 5.88 Å². The highest BCUT2D eigenvalue weighted by Gasteiger charge is 2.03. The number of hydrogen-bond acceptors (Lipinski definition) is 2.